The van der Waals surface area contributed by atoms with E-state index < -0.39 is 0 Å². The molecule has 1 aliphatic rings. The summed E-state index contributed by atoms with van der Waals surface area (Å²) in [6.45, 7) is 5.22. The summed E-state index contributed by atoms with van der Waals surface area (Å²) in [5.41, 5.74) is 0.463. The number of hydrogen-bond donors (Lipinski definition) is 1. The molecule has 0 aliphatic carbocycles. The Morgan fingerprint density at radius 3 is 3.04 bits per heavy atom. The van der Waals surface area contributed by atoms with Gasteiger partial charge in [-0.15, -0.1) is 0 Å². The number of furan rings is 1. The Hall–Kier alpha value is -2.12. The number of rotatable bonds is 7. The van der Waals surface area contributed by atoms with Crippen LogP contribution in [0.4, 0.5) is 0 Å². The summed E-state index contributed by atoms with van der Waals surface area (Å²) in [6, 6.07) is 5.91. The average Bonchev–Trinajstić information content (AvgIpc) is 3.28. The van der Waals surface area contributed by atoms with Crippen molar-refractivity contribution in [2.24, 2.45) is 0 Å². The Morgan fingerprint density at radius 2 is 2.36 bits per heavy atom. The zero-order valence-corrected chi connectivity index (χ0v) is 14.9. The van der Waals surface area contributed by atoms with Crippen LogP contribution in [0.5, 0.6) is 0 Å². The number of amides is 1. The van der Waals surface area contributed by atoms with Crippen LogP contribution >= 0.6 is 0 Å². The van der Waals surface area contributed by atoms with E-state index in [1.165, 1.54) is 0 Å². The maximum Gasteiger partial charge on any atom is 0.274 e. The van der Waals surface area contributed by atoms with Crippen LogP contribution in [0.3, 0.4) is 0 Å². The summed E-state index contributed by atoms with van der Waals surface area (Å²) >= 11 is 0. The number of nitrogens with zero attached hydrogens (tertiary/aromatic N) is 3. The molecule has 0 aromatic carbocycles. The van der Waals surface area contributed by atoms with Gasteiger partial charge in [0.15, 0.2) is 0 Å². The maximum atomic E-state index is 12.9. The first-order chi connectivity index (χ1) is 12.2. The highest BCUT2D eigenvalue weighted by Crippen LogP contribution is 2.17. The van der Waals surface area contributed by atoms with Crippen molar-refractivity contribution in [1.29, 1.82) is 0 Å². The third-order valence-electron chi connectivity index (χ3n) is 4.47. The van der Waals surface area contributed by atoms with Gasteiger partial charge in [0.05, 0.1) is 19.2 Å². The molecular weight excluding hydrogens is 320 g/mol. The van der Waals surface area contributed by atoms with Crippen LogP contribution in [0.15, 0.2) is 28.8 Å². The SMILES string of the molecule is COCCN(Cc1ccc(C)o1)C(=O)c1ccn(C2CCCNC2)n1. The molecule has 0 radical (unpaired) electrons. The van der Waals surface area contributed by atoms with Crippen molar-refractivity contribution >= 4 is 5.91 Å². The predicted octanol–water partition coefficient (Wildman–Crippen LogP) is 2.00. The second kappa shape index (κ2) is 8.31. The Kier molecular flexibility index (Phi) is 5.88. The van der Waals surface area contributed by atoms with Crippen molar-refractivity contribution in [1.82, 2.24) is 20.0 Å². The Bertz CT molecular complexity index is 688. The van der Waals surface area contributed by atoms with Crippen LogP contribution in [-0.4, -0.2) is 53.9 Å². The lowest BCUT2D eigenvalue weighted by molar-refractivity contribution is 0.0658. The van der Waals surface area contributed by atoms with E-state index in [1.54, 1.807) is 18.1 Å². The van der Waals surface area contributed by atoms with E-state index in [9.17, 15) is 4.79 Å². The van der Waals surface area contributed by atoms with Crippen LogP contribution < -0.4 is 5.32 Å². The van der Waals surface area contributed by atoms with Crippen molar-refractivity contribution in [3.8, 4) is 0 Å². The molecule has 136 valence electrons. The third-order valence-corrected chi connectivity index (χ3v) is 4.47. The van der Waals surface area contributed by atoms with E-state index in [0.717, 1.165) is 37.5 Å². The topological polar surface area (TPSA) is 72.5 Å². The molecule has 3 heterocycles. The van der Waals surface area contributed by atoms with E-state index in [-0.39, 0.29) is 5.91 Å². The smallest absolute Gasteiger partial charge is 0.274 e. The van der Waals surface area contributed by atoms with Gasteiger partial charge in [-0.25, -0.2) is 0 Å². The third kappa shape index (κ3) is 4.49. The summed E-state index contributed by atoms with van der Waals surface area (Å²) in [4.78, 5) is 14.6. The van der Waals surface area contributed by atoms with Gasteiger partial charge in [0.25, 0.3) is 5.91 Å². The molecule has 2 aromatic heterocycles. The molecule has 7 heteroatoms. The maximum absolute atomic E-state index is 12.9. The van der Waals surface area contributed by atoms with Gasteiger partial charge in [-0.1, -0.05) is 0 Å². The first-order valence-electron chi connectivity index (χ1n) is 8.77. The summed E-state index contributed by atoms with van der Waals surface area (Å²) in [5.74, 6) is 1.50. The summed E-state index contributed by atoms with van der Waals surface area (Å²) in [5, 5.41) is 7.90. The van der Waals surface area contributed by atoms with Crippen LogP contribution in [0, 0.1) is 6.92 Å². The number of carbonyl (C=O) groups excluding carboxylic acids is 1. The van der Waals surface area contributed by atoms with Crippen molar-refractivity contribution < 1.29 is 13.9 Å². The number of nitrogens with one attached hydrogen (secondary N) is 1. The van der Waals surface area contributed by atoms with Gasteiger partial charge in [-0.05, 0) is 44.5 Å². The molecule has 7 nitrogen and oxygen atoms in total. The number of methoxy groups -OCH3 is 1. The van der Waals surface area contributed by atoms with Crippen LogP contribution in [0.1, 0.15) is 40.9 Å². The molecule has 1 saturated heterocycles. The first kappa shape index (κ1) is 17.7. The molecule has 0 saturated carbocycles. The molecule has 1 N–H and O–H groups in total. The lowest BCUT2D eigenvalue weighted by Crippen LogP contribution is -2.34. The molecule has 1 unspecified atom stereocenters. The number of piperidine rings is 1. The number of ether oxygens (including phenoxy) is 1. The first-order valence-corrected chi connectivity index (χ1v) is 8.77. The minimum absolute atomic E-state index is 0.103. The molecule has 2 aromatic rings. The Labute approximate surface area is 147 Å². The molecule has 0 spiro atoms. The Balaban J connectivity index is 1.71. The van der Waals surface area contributed by atoms with Crippen molar-refractivity contribution in [3.63, 3.8) is 0 Å². The van der Waals surface area contributed by atoms with Crippen LogP contribution in [0.25, 0.3) is 0 Å². The molecular formula is C18H26N4O3. The standard InChI is InChI=1S/C18H26N4O3/c1-14-5-6-16(25-14)13-21(10-11-24-2)18(23)17-7-9-22(20-17)15-4-3-8-19-12-15/h5-7,9,15,19H,3-4,8,10-13H2,1-2H3. The van der Waals surface area contributed by atoms with Crippen molar-refractivity contribution in [2.45, 2.75) is 32.4 Å². The van der Waals surface area contributed by atoms with Crippen LogP contribution in [-0.2, 0) is 11.3 Å². The van der Waals surface area contributed by atoms with Gasteiger partial charge in [0.2, 0.25) is 0 Å². The number of aromatic nitrogens is 2. The quantitative estimate of drug-likeness (QED) is 0.830. The fourth-order valence-corrected chi connectivity index (χ4v) is 3.09. The lowest BCUT2D eigenvalue weighted by atomic mass is 10.1. The van der Waals surface area contributed by atoms with E-state index in [1.807, 2.05) is 29.9 Å². The van der Waals surface area contributed by atoms with E-state index in [0.29, 0.717) is 31.4 Å². The Morgan fingerprint density at radius 1 is 1.48 bits per heavy atom. The van der Waals surface area contributed by atoms with Gasteiger partial charge < -0.3 is 19.4 Å². The molecule has 1 aliphatic heterocycles. The van der Waals surface area contributed by atoms with E-state index in [4.69, 9.17) is 9.15 Å². The normalized spacial score (nSPS) is 17.6. The zero-order chi connectivity index (χ0) is 17.6. The van der Waals surface area contributed by atoms with Gasteiger partial charge in [-0.3, -0.25) is 9.48 Å². The summed E-state index contributed by atoms with van der Waals surface area (Å²) in [6.07, 6.45) is 4.11. The molecule has 0 bridgehead atoms. The summed E-state index contributed by atoms with van der Waals surface area (Å²) in [7, 11) is 1.63. The molecule has 1 fully saturated rings. The number of carbonyl (C=O) groups is 1. The second-order valence-electron chi connectivity index (χ2n) is 6.41. The highest BCUT2D eigenvalue weighted by Gasteiger charge is 2.22. The fraction of sp³-hybridized carbons (Fsp3) is 0.556. The zero-order valence-electron chi connectivity index (χ0n) is 14.9. The lowest BCUT2D eigenvalue weighted by Gasteiger charge is -2.23. The monoisotopic (exact) mass is 346 g/mol. The van der Waals surface area contributed by atoms with Gasteiger partial charge in [0, 0.05) is 26.4 Å². The van der Waals surface area contributed by atoms with Crippen LogP contribution in [0.2, 0.25) is 0 Å². The van der Waals surface area contributed by atoms with Gasteiger partial charge in [0.1, 0.15) is 17.2 Å². The highest BCUT2D eigenvalue weighted by atomic mass is 16.5. The molecule has 25 heavy (non-hydrogen) atoms. The van der Waals surface area contributed by atoms with Gasteiger partial charge in [-0.2, -0.15) is 5.10 Å². The molecule has 1 atom stereocenters. The second-order valence-corrected chi connectivity index (χ2v) is 6.41. The molecule has 1 amide bonds. The average molecular weight is 346 g/mol. The van der Waals surface area contributed by atoms with E-state index >= 15 is 0 Å². The van der Waals surface area contributed by atoms with Crippen molar-refractivity contribution in [3.05, 3.63) is 41.6 Å². The predicted molar refractivity (Wildman–Crippen MR) is 93.4 cm³/mol. The number of aryl methyl sites for hydroxylation is 1. The summed E-state index contributed by atoms with van der Waals surface area (Å²) < 4.78 is 12.7. The largest absolute Gasteiger partial charge is 0.464 e. The minimum atomic E-state index is -0.103. The fourth-order valence-electron chi connectivity index (χ4n) is 3.09. The highest BCUT2D eigenvalue weighted by molar-refractivity contribution is 5.92. The minimum Gasteiger partial charge on any atom is -0.464 e. The number of hydrogen-bond acceptors (Lipinski definition) is 5. The van der Waals surface area contributed by atoms with Crippen molar-refractivity contribution in [2.75, 3.05) is 33.4 Å². The molecule has 3 rings (SSSR count). The van der Waals surface area contributed by atoms with Gasteiger partial charge >= 0.3 is 0 Å². The van der Waals surface area contributed by atoms with E-state index in [2.05, 4.69) is 10.4 Å².